The summed E-state index contributed by atoms with van der Waals surface area (Å²) in [6.45, 7) is 3.36. The maximum absolute atomic E-state index is 13.2. The summed E-state index contributed by atoms with van der Waals surface area (Å²) in [7, 11) is 3.96. The third-order valence-corrected chi connectivity index (χ3v) is 4.98. The third-order valence-electron chi connectivity index (χ3n) is 4.98. The van der Waals surface area contributed by atoms with Crippen molar-refractivity contribution in [3.8, 4) is 0 Å². The van der Waals surface area contributed by atoms with Crippen LogP contribution in [-0.4, -0.2) is 72.1 Å². The molecule has 1 unspecified atom stereocenters. The van der Waals surface area contributed by atoms with Gasteiger partial charge in [-0.25, -0.2) is 19.2 Å². The molecule has 2 heterocycles. The maximum Gasteiger partial charge on any atom is 0.318 e. The van der Waals surface area contributed by atoms with Crippen LogP contribution in [-0.2, 0) is 6.54 Å². The summed E-state index contributed by atoms with van der Waals surface area (Å²) in [6, 6.07) is 8.03. The van der Waals surface area contributed by atoms with Crippen LogP contribution in [0.5, 0.6) is 0 Å². The number of likely N-dealkylation sites (N-methyl/N-ethyl adjacent to an activating group) is 1. The van der Waals surface area contributed by atoms with Crippen LogP contribution in [0.2, 0.25) is 0 Å². The Morgan fingerprint density at radius 1 is 1.21 bits per heavy atom. The van der Waals surface area contributed by atoms with Gasteiger partial charge in [0.1, 0.15) is 5.82 Å². The molecule has 8 heteroatoms. The predicted octanol–water partition coefficient (Wildman–Crippen LogP) is 2.36. The number of hydrogen-bond acceptors (Lipinski definition) is 5. The summed E-state index contributed by atoms with van der Waals surface area (Å²) < 4.78 is 13.2. The fraction of sp³-hybridized carbons (Fsp3) is 0.476. The minimum Gasteiger partial charge on any atom is -0.339 e. The highest BCUT2D eigenvalue weighted by atomic mass is 19.1. The number of rotatable bonds is 7. The highest BCUT2D eigenvalue weighted by Gasteiger charge is 2.25. The van der Waals surface area contributed by atoms with Gasteiger partial charge < -0.3 is 20.0 Å². The molecule has 0 bridgehead atoms. The number of halogens is 1. The van der Waals surface area contributed by atoms with Gasteiger partial charge in [-0.1, -0.05) is 12.1 Å². The molecule has 1 aromatic carbocycles. The minimum absolute atomic E-state index is 0.0372. The van der Waals surface area contributed by atoms with E-state index in [1.165, 1.54) is 12.1 Å². The van der Waals surface area contributed by atoms with Gasteiger partial charge >= 0.3 is 6.03 Å². The molecule has 7 nitrogen and oxygen atoms in total. The summed E-state index contributed by atoms with van der Waals surface area (Å²) in [5.41, 5.74) is 0.906. The van der Waals surface area contributed by atoms with Crippen LogP contribution >= 0.6 is 0 Å². The number of urea groups is 1. The number of nitrogens with zero attached hydrogens (tertiary/aromatic N) is 5. The first kappa shape index (κ1) is 21.0. The SMILES string of the molecule is CN(C)CCN(Cc1ccc(F)cc1)C(=O)NC1CCCN(c2ncccn2)C1. The number of piperidine rings is 1. The summed E-state index contributed by atoms with van der Waals surface area (Å²) in [5.74, 6) is 0.422. The maximum atomic E-state index is 13.2. The highest BCUT2D eigenvalue weighted by Crippen LogP contribution is 2.16. The normalized spacial score (nSPS) is 16.7. The molecular weight excluding hydrogens is 371 g/mol. The van der Waals surface area contributed by atoms with Crippen LogP contribution < -0.4 is 10.2 Å². The van der Waals surface area contributed by atoms with E-state index in [2.05, 4.69) is 20.2 Å². The van der Waals surface area contributed by atoms with Crippen molar-refractivity contribution < 1.29 is 9.18 Å². The molecule has 0 aliphatic carbocycles. The lowest BCUT2D eigenvalue weighted by Gasteiger charge is -2.34. The molecular formula is C21H29FN6O. The van der Waals surface area contributed by atoms with Gasteiger partial charge in [-0.05, 0) is 50.7 Å². The van der Waals surface area contributed by atoms with Crippen LogP contribution in [0.15, 0.2) is 42.7 Å². The first-order valence-electron chi connectivity index (χ1n) is 9.98. The molecule has 0 saturated carbocycles. The van der Waals surface area contributed by atoms with Crippen molar-refractivity contribution in [2.45, 2.75) is 25.4 Å². The van der Waals surface area contributed by atoms with Crippen molar-refractivity contribution >= 4 is 12.0 Å². The molecule has 1 aromatic heterocycles. The first-order chi connectivity index (χ1) is 14.0. The minimum atomic E-state index is -0.275. The number of carbonyl (C=O) groups excluding carboxylic acids is 1. The van der Waals surface area contributed by atoms with Gasteiger partial charge in [0.25, 0.3) is 0 Å². The number of anilines is 1. The van der Waals surface area contributed by atoms with Crippen molar-refractivity contribution in [2.75, 3.05) is 45.2 Å². The van der Waals surface area contributed by atoms with Gasteiger partial charge in [-0.2, -0.15) is 0 Å². The van der Waals surface area contributed by atoms with E-state index in [1.54, 1.807) is 35.5 Å². The van der Waals surface area contributed by atoms with Crippen molar-refractivity contribution in [1.29, 1.82) is 0 Å². The second-order valence-corrected chi connectivity index (χ2v) is 7.63. The van der Waals surface area contributed by atoms with E-state index in [0.29, 0.717) is 25.6 Å². The van der Waals surface area contributed by atoms with E-state index in [1.807, 2.05) is 19.0 Å². The Morgan fingerprint density at radius 2 is 1.93 bits per heavy atom. The Hall–Kier alpha value is -2.74. The number of hydrogen-bond donors (Lipinski definition) is 1. The topological polar surface area (TPSA) is 64.6 Å². The zero-order valence-electron chi connectivity index (χ0n) is 17.1. The van der Waals surface area contributed by atoms with Gasteiger partial charge in [-0.15, -0.1) is 0 Å². The van der Waals surface area contributed by atoms with Crippen molar-refractivity contribution in [3.63, 3.8) is 0 Å². The van der Waals surface area contributed by atoms with E-state index in [-0.39, 0.29) is 17.9 Å². The Morgan fingerprint density at radius 3 is 2.62 bits per heavy atom. The lowest BCUT2D eigenvalue weighted by molar-refractivity contribution is 0.183. The lowest BCUT2D eigenvalue weighted by atomic mass is 10.1. The molecule has 1 atom stereocenters. The van der Waals surface area contributed by atoms with Crippen molar-refractivity contribution in [3.05, 3.63) is 54.1 Å². The second kappa shape index (κ2) is 10.2. The molecule has 0 spiro atoms. The molecule has 0 radical (unpaired) electrons. The summed E-state index contributed by atoms with van der Waals surface area (Å²) >= 11 is 0. The summed E-state index contributed by atoms with van der Waals surface area (Å²) in [6.07, 6.45) is 5.36. The van der Waals surface area contributed by atoms with Gasteiger partial charge in [0.15, 0.2) is 0 Å². The number of nitrogens with one attached hydrogen (secondary N) is 1. The largest absolute Gasteiger partial charge is 0.339 e. The number of carbonyl (C=O) groups is 1. The van der Waals surface area contributed by atoms with E-state index in [9.17, 15) is 9.18 Å². The van der Waals surface area contributed by atoms with Crippen LogP contribution in [0, 0.1) is 5.82 Å². The van der Waals surface area contributed by atoms with Crippen LogP contribution in [0.4, 0.5) is 15.1 Å². The molecule has 1 saturated heterocycles. The van der Waals surface area contributed by atoms with Crippen LogP contribution in [0.1, 0.15) is 18.4 Å². The molecule has 156 valence electrons. The Labute approximate surface area is 171 Å². The van der Waals surface area contributed by atoms with E-state index < -0.39 is 0 Å². The first-order valence-corrected chi connectivity index (χ1v) is 9.98. The lowest BCUT2D eigenvalue weighted by Crippen LogP contribution is -2.52. The van der Waals surface area contributed by atoms with E-state index in [0.717, 1.165) is 31.5 Å². The van der Waals surface area contributed by atoms with E-state index >= 15 is 0 Å². The van der Waals surface area contributed by atoms with Gasteiger partial charge in [0.05, 0.1) is 0 Å². The highest BCUT2D eigenvalue weighted by molar-refractivity contribution is 5.74. The number of benzene rings is 1. The molecule has 29 heavy (non-hydrogen) atoms. The quantitative estimate of drug-likeness (QED) is 0.773. The molecule has 3 rings (SSSR count). The van der Waals surface area contributed by atoms with Crippen molar-refractivity contribution in [1.82, 2.24) is 25.1 Å². The molecule has 1 aliphatic rings. The zero-order valence-corrected chi connectivity index (χ0v) is 17.1. The summed E-state index contributed by atoms with van der Waals surface area (Å²) in [5, 5.41) is 3.17. The average molecular weight is 401 g/mol. The molecule has 1 aliphatic heterocycles. The van der Waals surface area contributed by atoms with Gasteiger partial charge in [0.2, 0.25) is 5.95 Å². The number of amides is 2. The standard InChI is InChI=1S/C21H29FN6O/c1-26(2)13-14-28(15-17-6-8-18(22)9-7-17)21(29)25-19-5-3-12-27(16-19)20-23-10-4-11-24-20/h4,6-11,19H,3,5,12-16H2,1-2H3,(H,25,29). The monoisotopic (exact) mass is 400 g/mol. The third kappa shape index (κ3) is 6.39. The summed E-state index contributed by atoms with van der Waals surface area (Å²) in [4.78, 5) is 27.6. The second-order valence-electron chi connectivity index (χ2n) is 7.63. The average Bonchev–Trinajstić information content (AvgIpc) is 2.73. The molecule has 2 aromatic rings. The van der Waals surface area contributed by atoms with Gasteiger partial charge in [-0.3, -0.25) is 0 Å². The molecule has 2 amide bonds. The van der Waals surface area contributed by atoms with E-state index in [4.69, 9.17) is 0 Å². The fourth-order valence-corrected chi connectivity index (χ4v) is 3.38. The Kier molecular flexibility index (Phi) is 7.35. The van der Waals surface area contributed by atoms with Crippen molar-refractivity contribution in [2.24, 2.45) is 0 Å². The fourth-order valence-electron chi connectivity index (χ4n) is 3.38. The smallest absolute Gasteiger partial charge is 0.318 e. The van der Waals surface area contributed by atoms with Crippen LogP contribution in [0.3, 0.4) is 0 Å². The molecule has 1 fully saturated rings. The predicted molar refractivity (Wildman–Crippen MR) is 111 cm³/mol. The Bertz CT molecular complexity index is 771. The molecule has 1 N–H and O–H groups in total. The van der Waals surface area contributed by atoms with Crippen LogP contribution in [0.25, 0.3) is 0 Å². The number of aromatic nitrogens is 2. The zero-order chi connectivity index (χ0) is 20.6. The van der Waals surface area contributed by atoms with Gasteiger partial charge in [0, 0.05) is 51.2 Å². The Balaban J connectivity index is 1.62.